The minimum Gasteiger partial charge on any atom is -0.351 e. The fraction of sp³-hybridized carbons (Fsp3) is 0.391. The minimum absolute atomic E-state index is 0.0598. The summed E-state index contributed by atoms with van der Waals surface area (Å²) in [6.07, 6.45) is -0.896. The summed E-state index contributed by atoms with van der Waals surface area (Å²) in [5, 5.41) is 2.81. The van der Waals surface area contributed by atoms with Crippen molar-refractivity contribution >= 4 is 17.5 Å². The number of carbonyl (C=O) groups excluding carboxylic acids is 2. The van der Waals surface area contributed by atoms with Gasteiger partial charge in [-0.3, -0.25) is 14.5 Å². The number of carbonyl (C=O) groups is 2. The second-order valence-electron chi connectivity index (χ2n) is 7.81. The van der Waals surface area contributed by atoms with E-state index in [2.05, 4.69) is 5.32 Å². The van der Waals surface area contributed by atoms with E-state index in [1.54, 1.807) is 13.0 Å². The van der Waals surface area contributed by atoms with Crippen LogP contribution in [0, 0.1) is 12.7 Å². The van der Waals surface area contributed by atoms with E-state index >= 15 is 0 Å². The summed E-state index contributed by atoms with van der Waals surface area (Å²) in [5.41, 5.74) is 0.660. The SMILES string of the molecule is Cc1cccc(N(C(=O)C(F)(F)F)[C@H](C(=O)NC2CCCCC2)c2ccc(F)cc2)c1. The lowest BCUT2D eigenvalue weighted by molar-refractivity contribution is -0.171. The van der Waals surface area contributed by atoms with Crippen LogP contribution in [0.5, 0.6) is 0 Å². The van der Waals surface area contributed by atoms with Crippen LogP contribution in [0.4, 0.5) is 23.2 Å². The molecular formula is C23H24F4N2O2. The Hall–Kier alpha value is -2.90. The maximum atomic E-state index is 13.6. The van der Waals surface area contributed by atoms with Crippen molar-refractivity contribution < 1.29 is 27.2 Å². The maximum absolute atomic E-state index is 13.6. The molecule has 2 aromatic carbocycles. The molecule has 3 rings (SSSR count). The first kappa shape index (κ1) is 22.8. The lowest BCUT2D eigenvalue weighted by atomic mass is 9.94. The third-order valence-electron chi connectivity index (χ3n) is 5.38. The molecule has 0 spiro atoms. The van der Waals surface area contributed by atoms with Gasteiger partial charge in [-0.2, -0.15) is 13.2 Å². The van der Waals surface area contributed by atoms with Crippen molar-refractivity contribution in [2.24, 2.45) is 0 Å². The van der Waals surface area contributed by atoms with E-state index in [4.69, 9.17) is 0 Å². The number of anilines is 1. The summed E-state index contributed by atoms with van der Waals surface area (Å²) >= 11 is 0. The molecule has 1 N–H and O–H groups in total. The highest BCUT2D eigenvalue weighted by Crippen LogP contribution is 2.33. The summed E-state index contributed by atoms with van der Waals surface area (Å²) in [5.74, 6) is -3.48. The number of nitrogens with zero attached hydrogens (tertiary/aromatic N) is 1. The average Bonchev–Trinajstić information content (AvgIpc) is 2.72. The third-order valence-corrected chi connectivity index (χ3v) is 5.38. The molecule has 1 saturated carbocycles. The molecule has 166 valence electrons. The molecule has 2 aromatic rings. The average molecular weight is 436 g/mol. The molecule has 1 atom stereocenters. The van der Waals surface area contributed by atoms with Gasteiger partial charge in [-0.25, -0.2) is 4.39 Å². The van der Waals surface area contributed by atoms with E-state index < -0.39 is 29.8 Å². The number of hydrogen-bond acceptors (Lipinski definition) is 2. The van der Waals surface area contributed by atoms with E-state index in [0.29, 0.717) is 10.5 Å². The number of rotatable bonds is 5. The summed E-state index contributed by atoms with van der Waals surface area (Å²) in [7, 11) is 0. The first-order chi connectivity index (χ1) is 14.7. The second-order valence-corrected chi connectivity index (χ2v) is 7.81. The molecule has 0 saturated heterocycles. The second kappa shape index (κ2) is 9.49. The van der Waals surface area contributed by atoms with Crippen molar-refractivity contribution in [2.45, 2.75) is 57.3 Å². The van der Waals surface area contributed by atoms with Gasteiger partial charge in [0.1, 0.15) is 11.9 Å². The van der Waals surface area contributed by atoms with Crippen molar-refractivity contribution in [1.82, 2.24) is 5.32 Å². The van der Waals surface area contributed by atoms with Gasteiger partial charge in [-0.15, -0.1) is 0 Å². The molecule has 8 heteroatoms. The Morgan fingerprint density at radius 1 is 1.03 bits per heavy atom. The molecule has 4 nitrogen and oxygen atoms in total. The topological polar surface area (TPSA) is 49.4 Å². The zero-order valence-corrected chi connectivity index (χ0v) is 17.1. The van der Waals surface area contributed by atoms with Crippen molar-refractivity contribution in [3.8, 4) is 0 Å². The summed E-state index contributed by atoms with van der Waals surface area (Å²) < 4.78 is 54.2. The lowest BCUT2D eigenvalue weighted by Crippen LogP contribution is -2.50. The minimum atomic E-state index is -5.20. The van der Waals surface area contributed by atoms with Gasteiger partial charge in [0.05, 0.1) is 0 Å². The Morgan fingerprint density at radius 3 is 2.26 bits per heavy atom. The molecule has 2 amide bonds. The van der Waals surface area contributed by atoms with Crippen LogP contribution in [0.3, 0.4) is 0 Å². The Balaban J connectivity index is 2.08. The molecule has 0 radical (unpaired) electrons. The fourth-order valence-corrected chi connectivity index (χ4v) is 3.89. The molecule has 1 aliphatic carbocycles. The third kappa shape index (κ3) is 5.62. The number of halogens is 4. The van der Waals surface area contributed by atoms with E-state index in [9.17, 15) is 27.2 Å². The Labute approximate surface area is 178 Å². The van der Waals surface area contributed by atoms with E-state index in [-0.39, 0.29) is 17.3 Å². The van der Waals surface area contributed by atoms with Crippen molar-refractivity contribution in [1.29, 1.82) is 0 Å². The zero-order chi connectivity index (χ0) is 22.6. The largest absolute Gasteiger partial charge is 0.471 e. The van der Waals surface area contributed by atoms with Crippen LogP contribution >= 0.6 is 0 Å². The molecule has 1 fully saturated rings. The molecule has 0 heterocycles. The van der Waals surface area contributed by atoms with Crippen molar-refractivity contribution in [3.05, 3.63) is 65.5 Å². The van der Waals surface area contributed by atoms with Crippen LogP contribution in [-0.4, -0.2) is 24.0 Å². The van der Waals surface area contributed by atoms with Crippen LogP contribution in [0.1, 0.15) is 49.3 Å². The monoisotopic (exact) mass is 436 g/mol. The zero-order valence-electron chi connectivity index (χ0n) is 17.1. The van der Waals surface area contributed by atoms with Crippen LogP contribution in [0.15, 0.2) is 48.5 Å². The number of benzene rings is 2. The molecular weight excluding hydrogens is 412 g/mol. The van der Waals surface area contributed by atoms with Gasteiger partial charge >= 0.3 is 12.1 Å². The fourth-order valence-electron chi connectivity index (χ4n) is 3.89. The lowest BCUT2D eigenvalue weighted by Gasteiger charge is -2.34. The molecule has 0 aliphatic heterocycles. The van der Waals surface area contributed by atoms with Crippen LogP contribution < -0.4 is 10.2 Å². The molecule has 0 bridgehead atoms. The van der Waals surface area contributed by atoms with E-state index in [0.717, 1.165) is 44.2 Å². The number of amides is 2. The van der Waals surface area contributed by atoms with Gasteiger partial charge in [0, 0.05) is 11.7 Å². The first-order valence-electron chi connectivity index (χ1n) is 10.2. The smallest absolute Gasteiger partial charge is 0.351 e. The van der Waals surface area contributed by atoms with Gasteiger partial charge in [-0.05, 0) is 55.2 Å². The van der Waals surface area contributed by atoms with Crippen LogP contribution in [-0.2, 0) is 9.59 Å². The number of hydrogen-bond donors (Lipinski definition) is 1. The van der Waals surface area contributed by atoms with Gasteiger partial charge < -0.3 is 5.32 Å². The number of alkyl halides is 3. The van der Waals surface area contributed by atoms with Crippen molar-refractivity contribution in [2.75, 3.05) is 4.90 Å². The Morgan fingerprint density at radius 2 is 1.68 bits per heavy atom. The summed E-state index contributed by atoms with van der Waals surface area (Å²) in [4.78, 5) is 26.2. The molecule has 0 unspecified atom stereocenters. The van der Waals surface area contributed by atoms with Crippen LogP contribution in [0.25, 0.3) is 0 Å². The molecule has 31 heavy (non-hydrogen) atoms. The van der Waals surface area contributed by atoms with Gasteiger partial charge in [-0.1, -0.05) is 43.5 Å². The Bertz CT molecular complexity index is 922. The Kier molecular flexibility index (Phi) is 6.97. The highest BCUT2D eigenvalue weighted by Gasteiger charge is 2.47. The van der Waals surface area contributed by atoms with Gasteiger partial charge in [0.25, 0.3) is 0 Å². The van der Waals surface area contributed by atoms with Gasteiger partial charge in [0.15, 0.2) is 0 Å². The first-order valence-corrected chi connectivity index (χ1v) is 10.2. The molecule has 0 aromatic heterocycles. The number of aryl methyl sites for hydroxylation is 1. The standard InChI is InChI=1S/C23H24F4N2O2/c1-15-6-5-9-19(14-15)29(22(31)23(25,26)27)20(16-10-12-17(24)13-11-16)21(30)28-18-7-3-2-4-8-18/h5-6,9-14,18,20H,2-4,7-8H2,1H3,(H,28,30)/t20-/m0/s1. The van der Waals surface area contributed by atoms with Gasteiger partial charge in [0.2, 0.25) is 5.91 Å². The predicted molar refractivity (Wildman–Crippen MR) is 109 cm³/mol. The quantitative estimate of drug-likeness (QED) is 0.654. The van der Waals surface area contributed by atoms with Crippen molar-refractivity contribution in [3.63, 3.8) is 0 Å². The molecule has 1 aliphatic rings. The predicted octanol–water partition coefficient (Wildman–Crippen LogP) is 5.22. The summed E-state index contributed by atoms with van der Waals surface area (Å²) in [6, 6.07) is 8.75. The maximum Gasteiger partial charge on any atom is 0.471 e. The normalized spacial score (nSPS) is 15.9. The van der Waals surface area contributed by atoms with E-state index in [1.807, 2.05) is 0 Å². The number of nitrogens with one attached hydrogen (secondary N) is 1. The summed E-state index contributed by atoms with van der Waals surface area (Å²) in [6.45, 7) is 1.68. The van der Waals surface area contributed by atoms with Crippen LogP contribution in [0.2, 0.25) is 0 Å². The highest BCUT2D eigenvalue weighted by molar-refractivity contribution is 6.03. The van der Waals surface area contributed by atoms with E-state index in [1.165, 1.54) is 30.3 Å². The highest BCUT2D eigenvalue weighted by atomic mass is 19.4.